The maximum Gasteiger partial charge on any atom is 0.338 e. The molecule has 0 fully saturated rings. The van der Waals surface area contributed by atoms with Crippen molar-refractivity contribution in [2.45, 2.75) is 26.8 Å². The Morgan fingerprint density at radius 2 is 1.88 bits per heavy atom. The van der Waals surface area contributed by atoms with Crippen molar-refractivity contribution < 1.29 is 9.53 Å². The van der Waals surface area contributed by atoms with Crippen LogP contribution in [0.4, 0.5) is 5.95 Å². The fourth-order valence-corrected chi connectivity index (χ4v) is 3.50. The lowest BCUT2D eigenvalue weighted by molar-refractivity contribution is -0.139. The minimum Gasteiger partial charge on any atom is -0.463 e. The van der Waals surface area contributed by atoms with Crippen molar-refractivity contribution in [2.24, 2.45) is 0 Å². The van der Waals surface area contributed by atoms with E-state index in [0.717, 1.165) is 28.2 Å². The highest BCUT2D eigenvalue weighted by Crippen LogP contribution is 2.39. The summed E-state index contributed by atoms with van der Waals surface area (Å²) in [7, 11) is 0. The zero-order valence-corrected chi connectivity index (χ0v) is 15.1. The van der Waals surface area contributed by atoms with Crippen LogP contribution in [-0.4, -0.2) is 22.1 Å². The average Bonchev–Trinajstić information content (AvgIpc) is 2.99. The molecule has 5 heteroatoms. The Balaban J connectivity index is 1.97. The van der Waals surface area contributed by atoms with Crippen LogP contribution in [0.5, 0.6) is 0 Å². The van der Waals surface area contributed by atoms with E-state index in [4.69, 9.17) is 9.72 Å². The lowest BCUT2D eigenvalue weighted by atomic mass is 9.94. The molecule has 0 amide bonds. The number of benzene rings is 2. The molecule has 1 aliphatic heterocycles. The molecule has 1 atom stereocenters. The SMILES string of the molecule is CCOC(=O)C1=C(C)Nc2nc3ccccc3n2C1c1ccc(C)cc1. The molecular weight excluding hydrogens is 326 g/mol. The van der Waals surface area contributed by atoms with Crippen molar-refractivity contribution in [3.05, 3.63) is 70.9 Å². The van der Waals surface area contributed by atoms with Crippen molar-refractivity contribution in [2.75, 3.05) is 11.9 Å². The van der Waals surface area contributed by atoms with E-state index >= 15 is 0 Å². The first-order valence-electron chi connectivity index (χ1n) is 8.78. The first kappa shape index (κ1) is 16.4. The molecule has 0 saturated heterocycles. The van der Waals surface area contributed by atoms with Crippen LogP contribution in [-0.2, 0) is 9.53 Å². The Bertz CT molecular complexity index is 1020. The summed E-state index contributed by atoms with van der Waals surface area (Å²) in [5, 5.41) is 3.28. The molecule has 1 aromatic heterocycles. The second kappa shape index (κ2) is 6.33. The number of para-hydroxylation sites is 2. The number of aromatic nitrogens is 2. The summed E-state index contributed by atoms with van der Waals surface area (Å²) in [5.74, 6) is 0.439. The Morgan fingerprint density at radius 1 is 1.15 bits per heavy atom. The van der Waals surface area contributed by atoms with E-state index in [0.29, 0.717) is 12.2 Å². The van der Waals surface area contributed by atoms with E-state index in [1.807, 2.05) is 38.1 Å². The number of fused-ring (bicyclic) bond motifs is 3. The molecule has 5 nitrogen and oxygen atoms in total. The quantitative estimate of drug-likeness (QED) is 0.722. The number of aryl methyl sites for hydroxylation is 1. The van der Waals surface area contributed by atoms with E-state index in [1.54, 1.807) is 0 Å². The number of hydrogen-bond acceptors (Lipinski definition) is 4. The Morgan fingerprint density at radius 3 is 2.62 bits per heavy atom. The maximum absolute atomic E-state index is 12.8. The van der Waals surface area contributed by atoms with Crippen molar-refractivity contribution in [3.8, 4) is 0 Å². The van der Waals surface area contributed by atoms with Gasteiger partial charge in [-0.25, -0.2) is 9.78 Å². The van der Waals surface area contributed by atoms with Gasteiger partial charge in [0, 0.05) is 5.70 Å². The van der Waals surface area contributed by atoms with Crippen LogP contribution >= 0.6 is 0 Å². The van der Waals surface area contributed by atoms with Gasteiger partial charge >= 0.3 is 5.97 Å². The van der Waals surface area contributed by atoms with E-state index in [-0.39, 0.29) is 12.0 Å². The van der Waals surface area contributed by atoms with Gasteiger partial charge in [-0.15, -0.1) is 0 Å². The fourth-order valence-electron chi connectivity index (χ4n) is 3.50. The van der Waals surface area contributed by atoms with Gasteiger partial charge in [0.05, 0.1) is 29.3 Å². The third kappa shape index (κ3) is 2.56. The number of ether oxygens (including phenoxy) is 1. The molecule has 0 spiro atoms. The molecule has 3 aromatic rings. The second-order valence-electron chi connectivity index (χ2n) is 6.49. The Kier molecular flexibility index (Phi) is 3.99. The summed E-state index contributed by atoms with van der Waals surface area (Å²) in [6, 6.07) is 15.9. The number of hydrogen-bond donors (Lipinski definition) is 1. The number of carbonyl (C=O) groups excluding carboxylic acids is 1. The summed E-state index contributed by atoms with van der Waals surface area (Å²) < 4.78 is 7.44. The van der Waals surface area contributed by atoms with Crippen molar-refractivity contribution >= 4 is 23.0 Å². The van der Waals surface area contributed by atoms with E-state index in [1.165, 1.54) is 5.56 Å². The number of anilines is 1. The molecule has 0 radical (unpaired) electrons. The molecule has 132 valence electrons. The molecule has 1 N–H and O–H groups in total. The summed E-state index contributed by atoms with van der Waals surface area (Å²) in [5.41, 5.74) is 5.48. The maximum atomic E-state index is 12.8. The highest BCUT2D eigenvalue weighted by Gasteiger charge is 2.34. The standard InChI is InChI=1S/C21H21N3O2/c1-4-26-20(25)18-14(3)22-21-23-16-7-5-6-8-17(16)24(21)19(18)15-11-9-13(2)10-12-15/h5-12,19H,4H2,1-3H3,(H,22,23). The summed E-state index contributed by atoms with van der Waals surface area (Å²) >= 11 is 0. The van der Waals surface area contributed by atoms with Gasteiger partial charge in [-0.3, -0.25) is 4.57 Å². The largest absolute Gasteiger partial charge is 0.463 e. The lowest BCUT2D eigenvalue weighted by Crippen LogP contribution is -2.29. The van der Waals surface area contributed by atoms with Crippen LogP contribution in [0.3, 0.4) is 0 Å². The first-order chi connectivity index (χ1) is 12.6. The molecule has 1 aliphatic rings. The van der Waals surface area contributed by atoms with Crippen LogP contribution in [0.1, 0.15) is 31.0 Å². The van der Waals surface area contributed by atoms with Gasteiger partial charge in [-0.2, -0.15) is 0 Å². The van der Waals surface area contributed by atoms with Gasteiger partial charge < -0.3 is 10.1 Å². The van der Waals surface area contributed by atoms with Crippen LogP contribution in [0.15, 0.2) is 59.8 Å². The highest BCUT2D eigenvalue weighted by molar-refractivity contribution is 5.94. The summed E-state index contributed by atoms with van der Waals surface area (Å²) in [4.78, 5) is 17.5. The normalized spacial score (nSPS) is 16.3. The molecule has 2 aromatic carbocycles. The average molecular weight is 347 g/mol. The summed E-state index contributed by atoms with van der Waals surface area (Å²) in [6.45, 7) is 6.12. The molecule has 26 heavy (non-hydrogen) atoms. The second-order valence-corrected chi connectivity index (χ2v) is 6.49. The molecule has 4 rings (SSSR count). The zero-order valence-electron chi connectivity index (χ0n) is 15.1. The number of esters is 1. The van der Waals surface area contributed by atoms with Crippen LogP contribution in [0.25, 0.3) is 11.0 Å². The molecule has 2 heterocycles. The van der Waals surface area contributed by atoms with Crippen LogP contribution in [0, 0.1) is 6.92 Å². The smallest absolute Gasteiger partial charge is 0.338 e. The Labute approximate surface area is 152 Å². The van der Waals surface area contributed by atoms with E-state index < -0.39 is 0 Å². The van der Waals surface area contributed by atoms with Gasteiger partial charge in [0.25, 0.3) is 0 Å². The van der Waals surface area contributed by atoms with Gasteiger partial charge in [0.2, 0.25) is 5.95 Å². The van der Waals surface area contributed by atoms with Gasteiger partial charge in [0.15, 0.2) is 0 Å². The van der Waals surface area contributed by atoms with Crippen molar-refractivity contribution in [1.29, 1.82) is 0 Å². The molecule has 0 bridgehead atoms. The third-order valence-corrected chi connectivity index (χ3v) is 4.72. The number of rotatable bonds is 3. The number of nitrogens with one attached hydrogen (secondary N) is 1. The minimum atomic E-state index is -0.300. The predicted octanol–water partition coefficient (Wildman–Crippen LogP) is 4.20. The number of imidazole rings is 1. The first-order valence-corrected chi connectivity index (χ1v) is 8.78. The van der Waals surface area contributed by atoms with E-state index in [2.05, 4.69) is 41.1 Å². The molecule has 0 aliphatic carbocycles. The number of carbonyl (C=O) groups is 1. The topological polar surface area (TPSA) is 56.1 Å². The van der Waals surface area contributed by atoms with Crippen LogP contribution < -0.4 is 5.32 Å². The van der Waals surface area contributed by atoms with Gasteiger partial charge in [-0.05, 0) is 38.5 Å². The van der Waals surface area contributed by atoms with E-state index in [9.17, 15) is 4.79 Å². The van der Waals surface area contributed by atoms with Gasteiger partial charge in [-0.1, -0.05) is 42.0 Å². The zero-order chi connectivity index (χ0) is 18.3. The van der Waals surface area contributed by atoms with Crippen molar-refractivity contribution in [3.63, 3.8) is 0 Å². The highest BCUT2D eigenvalue weighted by atomic mass is 16.5. The lowest BCUT2D eigenvalue weighted by Gasteiger charge is -2.30. The molecule has 1 unspecified atom stereocenters. The number of allylic oxidation sites excluding steroid dienone is 1. The molecule has 0 saturated carbocycles. The number of nitrogens with zero attached hydrogens (tertiary/aromatic N) is 2. The predicted molar refractivity (Wildman–Crippen MR) is 102 cm³/mol. The third-order valence-electron chi connectivity index (χ3n) is 4.72. The minimum absolute atomic E-state index is 0.279. The van der Waals surface area contributed by atoms with Crippen LogP contribution in [0.2, 0.25) is 0 Å². The van der Waals surface area contributed by atoms with Gasteiger partial charge in [0.1, 0.15) is 0 Å². The van der Waals surface area contributed by atoms with Crippen molar-refractivity contribution in [1.82, 2.24) is 9.55 Å². The summed E-state index contributed by atoms with van der Waals surface area (Å²) in [6.07, 6.45) is 0. The fraction of sp³-hybridized carbons (Fsp3) is 0.238. The Hall–Kier alpha value is -3.08. The molecular formula is C21H21N3O2. The monoisotopic (exact) mass is 347 g/mol.